The summed E-state index contributed by atoms with van der Waals surface area (Å²) in [6.07, 6.45) is 0.889. The van der Waals surface area contributed by atoms with Crippen molar-refractivity contribution in [3.8, 4) is 0 Å². The predicted octanol–water partition coefficient (Wildman–Crippen LogP) is 4.86. The van der Waals surface area contributed by atoms with Gasteiger partial charge in [-0.15, -0.1) is 0 Å². The number of cyclic esters (lactones) is 1. The van der Waals surface area contributed by atoms with Crippen LogP contribution in [-0.4, -0.2) is 46.8 Å². The molecule has 37 heavy (non-hydrogen) atoms. The molecule has 2 saturated heterocycles. The number of hydrogen-bond acceptors (Lipinski definition) is 4. The first-order valence-electron chi connectivity index (χ1n) is 12.7. The van der Waals surface area contributed by atoms with Gasteiger partial charge in [0.2, 0.25) is 11.8 Å². The van der Waals surface area contributed by atoms with Crippen LogP contribution >= 0.6 is 0 Å². The lowest BCUT2D eigenvalue weighted by Crippen LogP contribution is -2.47. The van der Waals surface area contributed by atoms with Crippen molar-refractivity contribution in [1.82, 2.24) is 9.80 Å². The Morgan fingerprint density at radius 3 is 2.38 bits per heavy atom. The minimum absolute atomic E-state index is 0.0982. The number of carbonyl (C=O) groups excluding carboxylic acids is 3. The number of nitrogens with one attached hydrogen (secondary N) is 1. The van der Waals surface area contributed by atoms with Crippen molar-refractivity contribution in [1.29, 1.82) is 0 Å². The lowest BCUT2D eigenvalue weighted by molar-refractivity contribution is -0.135. The van der Waals surface area contributed by atoms with Gasteiger partial charge in [-0.3, -0.25) is 14.5 Å². The zero-order valence-corrected chi connectivity index (χ0v) is 20.9. The van der Waals surface area contributed by atoms with Crippen LogP contribution < -0.4 is 5.32 Å². The van der Waals surface area contributed by atoms with Crippen LogP contribution in [0, 0.1) is 6.92 Å². The van der Waals surface area contributed by atoms with E-state index in [1.54, 1.807) is 18.2 Å². The number of rotatable bonds is 7. The molecular formula is C30H31N3O4. The minimum Gasteiger partial charge on any atom is -0.438 e. The van der Waals surface area contributed by atoms with Gasteiger partial charge in [0.25, 0.3) is 0 Å². The molecule has 2 aliphatic heterocycles. The second kappa shape index (κ2) is 10.9. The molecule has 0 aliphatic carbocycles. The number of carbonyl (C=O) groups is 3. The fraction of sp³-hybridized carbons (Fsp3) is 0.300. The van der Waals surface area contributed by atoms with Gasteiger partial charge >= 0.3 is 6.09 Å². The van der Waals surface area contributed by atoms with Gasteiger partial charge in [-0.25, -0.2) is 4.79 Å². The Balaban J connectivity index is 1.39. The topological polar surface area (TPSA) is 79.0 Å². The summed E-state index contributed by atoms with van der Waals surface area (Å²) in [5, 5.41) is 2.93. The molecule has 0 unspecified atom stereocenters. The van der Waals surface area contributed by atoms with E-state index >= 15 is 0 Å². The molecule has 0 bridgehead atoms. The molecule has 7 nitrogen and oxygen atoms in total. The lowest BCUT2D eigenvalue weighted by atomic mass is 9.99. The first-order chi connectivity index (χ1) is 18.0. The molecule has 1 N–H and O–H groups in total. The fourth-order valence-electron chi connectivity index (χ4n) is 4.99. The third-order valence-electron chi connectivity index (χ3n) is 6.94. The quantitative estimate of drug-likeness (QED) is 0.506. The summed E-state index contributed by atoms with van der Waals surface area (Å²) in [4.78, 5) is 42.8. The zero-order chi connectivity index (χ0) is 25.8. The van der Waals surface area contributed by atoms with E-state index in [2.05, 4.69) is 5.32 Å². The lowest BCUT2D eigenvalue weighted by Gasteiger charge is -2.28. The monoisotopic (exact) mass is 497 g/mol. The molecule has 190 valence electrons. The largest absolute Gasteiger partial charge is 0.438 e. The van der Waals surface area contributed by atoms with Crippen molar-refractivity contribution in [3.05, 3.63) is 101 Å². The summed E-state index contributed by atoms with van der Waals surface area (Å²) >= 11 is 0. The Bertz CT molecular complexity index is 1270. The van der Waals surface area contributed by atoms with Gasteiger partial charge < -0.3 is 15.0 Å². The second-order valence-corrected chi connectivity index (χ2v) is 9.73. The van der Waals surface area contributed by atoms with Crippen LogP contribution in [0.4, 0.5) is 10.5 Å². The standard InChI is InChI=1S/C30H31N3O4/c1-21-12-14-23(15-13-21)20-33-27(29(35)32-16-5-6-17-32)28(37-30(33)36)24-10-7-11-25(19-24)31-26(34)18-22-8-3-2-4-9-22/h2-4,7-15,19,27-28H,5-6,16-18,20H2,1H3,(H,31,34)/t27-,28-/m1/s1. The van der Waals surface area contributed by atoms with E-state index in [9.17, 15) is 14.4 Å². The molecule has 2 aliphatic rings. The average Bonchev–Trinajstić information content (AvgIpc) is 3.55. The molecule has 3 aromatic carbocycles. The maximum atomic E-state index is 13.7. The van der Waals surface area contributed by atoms with Gasteiger partial charge in [0, 0.05) is 18.8 Å². The molecule has 5 rings (SSSR count). The summed E-state index contributed by atoms with van der Waals surface area (Å²) in [6.45, 7) is 3.66. The Morgan fingerprint density at radius 1 is 0.919 bits per heavy atom. The number of likely N-dealkylation sites (tertiary alicyclic amines) is 1. The van der Waals surface area contributed by atoms with E-state index in [-0.39, 0.29) is 24.8 Å². The molecule has 0 radical (unpaired) electrons. The number of nitrogens with zero attached hydrogens (tertiary/aromatic N) is 2. The Kier molecular flexibility index (Phi) is 7.21. The maximum Gasteiger partial charge on any atom is 0.411 e. The van der Waals surface area contributed by atoms with Crippen LogP contribution in [0.3, 0.4) is 0 Å². The number of hydrogen-bond donors (Lipinski definition) is 1. The maximum absolute atomic E-state index is 13.7. The summed E-state index contributed by atoms with van der Waals surface area (Å²) in [6, 6.07) is 23.9. The van der Waals surface area contributed by atoms with Crippen LogP contribution in [0.15, 0.2) is 78.9 Å². The van der Waals surface area contributed by atoms with Gasteiger partial charge in [-0.2, -0.15) is 0 Å². The Hall–Kier alpha value is -4.13. The van der Waals surface area contributed by atoms with Crippen LogP contribution in [-0.2, 0) is 27.3 Å². The SMILES string of the molecule is Cc1ccc(CN2C(=O)O[C@H](c3cccc(NC(=O)Cc4ccccc4)c3)[C@@H]2C(=O)N2CCCC2)cc1. The van der Waals surface area contributed by atoms with Gasteiger partial charge in [-0.05, 0) is 48.6 Å². The van der Waals surface area contributed by atoms with E-state index in [4.69, 9.17) is 4.74 Å². The normalized spacial score (nSPS) is 19.1. The summed E-state index contributed by atoms with van der Waals surface area (Å²) in [7, 11) is 0. The van der Waals surface area contributed by atoms with Gasteiger partial charge in [0.15, 0.2) is 12.1 Å². The van der Waals surface area contributed by atoms with Crippen molar-refractivity contribution in [2.24, 2.45) is 0 Å². The molecule has 2 heterocycles. The van der Waals surface area contributed by atoms with E-state index < -0.39 is 18.2 Å². The highest BCUT2D eigenvalue weighted by Gasteiger charge is 2.48. The molecule has 0 spiro atoms. The zero-order valence-electron chi connectivity index (χ0n) is 20.9. The number of anilines is 1. The third kappa shape index (κ3) is 5.66. The average molecular weight is 498 g/mol. The highest BCUT2D eigenvalue weighted by atomic mass is 16.6. The number of benzene rings is 3. The van der Waals surface area contributed by atoms with Crippen LogP contribution in [0.2, 0.25) is 0 Å². The Morgan fingerprint density at radius 2 is 1.65 bits per heavy atom. The molecule has 3 aromatic rings. The number of aryl methyl sites for hydroxylation is 1. The van der Waals surface area contributed by atoms with Crippen molar-refractivity contribution in [2.75, 3.05) is 18.4 Å². The van der Waals surface area contributed by atoms with Crippen molar-refractivity contribution in [3.63, 3.8) is 0 Å². The van der Waals surface area contributed by atoms with Gasteiger partial charge in [-0.1, -0.05) is 72.3 Å². The van der Waals surface area contributed by atoms with Crippen LogP contribution in [0.5, 0.6) is 0 Å². The molecule has 0 saturated carbocycles. The molecule has 2 fully saturated rings. The highest BCUT2D eigenvalue weighted by molar-refractivity contribution is 5.92. The minimum atomic E-state index is -0.776. The molecular weight excluding hydrogens is 466 g/mol. The van der Waals surface area contributed by atoms with Crippen molar-refractivity contribution >= 4 is 23.6 Å². The molecule has 0 aromatic heterocycles. The van der Waals surface area contributed by atoms with E-state index in [1.807, 2.05) is 72.5 Å². The Labute approximate surface area is 217 Å². The molecule has 3 amide bonds. The summed E-state index contributed by atoms with van der Waals surface area (Å²) in [5.41, 5.74) is 4.25. The third-order valence-corrected chi connectivity index (χ3v) is 6.94. The second-order valence-electron chi connectivity index (χ2n) is 9.73. The van der Waals surface area contributed by atoms with E-state index in [1.165, 1.54) is 4.90 Å². The first-order valence-corrected chi connectivity index (χ1v) is 12.7. The molecule has 7 heteroatoms. The number of ether oxygens (including phenoxy) is 1. The van der Waals surface area contributed by atoms with Crippen LogP contribution in [0.25, 0.3) is 0 Å². The van der Waals surface area contributed by atoms with E-state index in [0.717, 1.165) is 29.5 Å². The first kappa shape index (κ1) is 24.6. The summed E-state index contributed by atoms with van der Waals surface area (Å²) in [5.74, 6) is -0.239. The van der Waals surface area contributed by atoms with E-state index in [0.29, 0.717) is 24.3 Å². The predicted molar refractivity (Wildman–Crippen MR) is 141 cm³/mol. The van der Waals surface area contributed by atoms with Gasteiger partial charge in [0.1, 0.15) is 0 Å². The smallest absolute Gasteiger partial charge is 0.411 e. The molecule has 2 atom stereocenters. The van der Waals surface area contributed by atoms with Crippen molar-refractivity contribution < 1.29 is 19.1 Å². The fourth-order valence-corrected chi connectivity index (χ4v) is 4.99. The van der Waals surface area contributed by atoms with Gasteiger partial charge in [0.05, 0.1) is 13.0 Å². The number of amides is 3. The summed E-state index contributed by atoms with van der Waals surface area (Å²) < 4.78 is 5.83. The van der Waals surface area contributed by atoms with Crippen LogP contribution in [0.1, 0.15) is 41.2 Å². The highest BCUT2D eigenvalue weighted by Crippen LogP contribution is 2.36. The van der Waals surface area contributed by atoms with Crippen molar-refractivity contribution in [2.45, 2.75) is 44.9 Å².